The second-order valence-corrected chi connectivity index (χ2v) is 3.75. The van der Waals surface area contributed by atoms with Crippen LogP contribution in [0.15, 0.2) is 0 Å². The molecule has 0 bridgehead atoms. The van der Waals surface area contributed by atoms with Crippen molar-refractivity contribution in [2.24, 2.45) is 5.73 Å². The molecule has 0 heterocycles. The van der Waals surface area contributed by atoms with Crippen LogP contribution in [0.4, 0.5) is 0 Å². The average molecular weight is 186 g/mol. The summed E-state index contributed by atoms with van der Waals surface area (Å²) in [4.78, 5) is 2.37. The predicted molar refractivity (Wildman–Crippen MR) is 54.7 cm³/mol. The van der Waals surface area contributed by atoms with Gasteiger partial charge in [0.05, 0.1) is 12.7 Å². The number of likely N-dealkylation sites (N-methyl/N-ethyl adjacent to an activating group) is 1. The Kier molecular flexibility index (Phi) is 4.70. The zero-order chi connectivity index (χ0) is 9.68. The van der Waals surface area contributed by atoms with Gasteiger partial charge in [-0.1, -0.05) is 13.8 Å². The van der Waals surface area contributed by atoms with Gasteiger partial charge < -0.3 is 15.4 Å². The normalized spacial score (nSPS) is 27.7. The Hall–Kier alpha value is -0.120. The fourth-order valence-corrected chi connectivity index (χ4v) is 1.63. The maximum Gasteiger partial charge on any atom is 0.0605 e. The molecule has 1 aliphatic carbocycles. The van der Waals surface area contributed by atoms with Crippen molar-refractivity contribution in [3.63, 3.8) is 0 Å². The van der Waals surface area contributed by atoms with E-state index in [4.69, 9.17) is 10.5 Å². The van der Waals surface area contributed by atoms with Crippen LogP contribution in [-0.4, -0.2) is 43.3 Å². The average Bonchev–Trinajstić information content (AvgIpc) is 2.09. The first-order chi connectivity index (χ1) is 6.26. The van der Waals surface area contributed by atoms with Crippen LogP contribution >= 0.6 is 0 Å². The van der Waals surface area contributed by atoms with E-state index in [2.05, 4.69) is 18.7 Å². The van der Waals surface area contributed by atoms with E-state index in [9.17, 15) is 0 Å². The predicted octanol–water partition coefficient (Wildman–Crippen LogP) is 0.834. The van der Waals surface area contributed by atoms with Gasteiger partial charge in [-0.2, -0.15) is 0 Å². The third kappa shape index (κ3) is 3.63. The van der Waals surface area contributed by atoms with E-state index < -0.39 is 0 Å². The third-order valence-electron chi connectivity index (χ3n) is 2.79. The van der Waals surface area contributed by atoms with Crippen molar-refractivity contribution in [1.29, 1.82) is 0 Å². The monoisotopic (exact) mass is 186 g/mol. The summed E-state index contributed by atoms with van der Waals surface area (Å²) < 4.78 is 5.66. The highest BCUT2D eigenvalue weighted by atomic mass is 16.5. The highest BCUT2D eigenvalue weighted by molar-refractivity contribution is 4.82. The summed E-state index contributed by atoms with van der Waals surface area (Å²) in [5, 5.41) is 0. The van der Waals surface area contributed by atoms with Crippen LogP contribution in [0, 0.1) is 0 Å². The minimum absolute atomic E-state index is 0.401. The number of ether oxygens (including phenoxy) is 1. The molecule has 3 nitrogen and oxygen atoms in total. The lowest BCUT2D eigenvalue weighted by molar-refractivity contribution is -0.0161. The van der Waals surface area contributed by atoms with Gasteiger partial charge >= 0.3 is 0 Å². The van der Waals surface area contributed by atoms with Gasteiger partial charge in [0.1, 0.15) is 0 Å². The fourth-order valence-electron chi connectivity index (χ4n) is 1.63. The molecule has 0 aliphatic heterocycles. The summed E-state index contributed by atoms with van der Waals surface area (Å²) in [6.07, 6.45) is 2.56. The molecular formula is C10H22N2O. The first-order valence-electron chi connectivity index (χ1n) is 5.35. The zero-order valence-electron chi connectivity index (χ0n) is 8.83. The quantitative estimate of drug-likeness (QED) is 0.668. The zero-order valence-corrected chi connectivity index (χ0v) is 8.83. The van der Waals surface area contributed by atoms with Crippen molar-refractivity contribution in [3.05, 3.63) is 0 Å². The summed E-state index contributed by atoms with van der Waals surface area (Å²) in [7, 11) is 0. The number of hydrogen-bond acceptors (Lipinski definition) is 3. The number of nitrogens with zero attached hydrogens (tertiary/aromatic N) is 1. The molecule has 0 aromatic carbocycles. The summed E-state index contributed by atoms with van der Waals surface area (Å²) in [6, 6.07) is 0.401. The SMILES string of the molecule is CCN(CC)CCOC1CC(N)C1. The Balaban J connectivity index is 1.94. The van der Waals surface area contributed by atoms with Crippen molar-refractivity contribution in [2.45, 2.75) is 38.8 Å². The van der Waals surface area contributed by atoms with Gasteiger partial charge in [0.25, 0.3) is 0 Å². The van der Waals surface area contributed by atoms with Crippen molar-refractivity contribution in [2.75, 3.05) is 26.2 Å². The number of nitrogens with two attached hydrogens (primary N) is 1. The largest absolute Gasteiger partial charge is 0.377 e. The molecular weight excluding hydrogens is 164 g/mol. The Morgan fingerprint density at radius 3 is 2.38 bits per heavy atom. The minimum Gasteiger partial charge on any atom is -0.377 e. The molecule has 78 valence electrons. The van der Waals surface area contributed by atoms with Crippen LogP contribution in [0.3, 0.4) is 0 Å². The second kappa shape index (κ2) is 5.58. The fraction of sp³-hybridized carbons (Fsp3) is 1.00. The molecule has 0 aromatic rings. The Morgan fingerprint density at radius 1 is 1.31 bits per heavy atom. The smallest absolute Gasteiger partial charge is 0.0605 e. The van der Waals surface area contributed by atoms with Crippen LogP contribution in [0.1, 0.15) is 26.7 Å². The molecule has 1 aliphatic rings. The maximum absolute atomic E-state index is 5.66. The molecule has 2 N–H and O–H groups in total. The Labute approximate surface area is 81.2 Å². The second-order valence-electron chi connectivity index (χ2n) is 3.75. The van der Waals surface area contributed by atoms with Crippen LogP contribution < -0.4 is 5.73 Å². The van der Waals surface area contributed by atoms with Gasteiger partial charge in [0.2, 0.25) is 0 Å². The van der Waals surface area contributed by atoms with Crippen molar-refractivity contribution < 1.29 is 4.74 Å². The van der Waals surface area contributed by atoms with Crippen LogP contribution in [0.2, 0.25) is 0 Å². The lowest BCUT2D eigenvalue weighted by atomic mass is 9.90. The first kappa shape index (κ1) is 11.0. The molecule has 0 spiro atoms. The highest BCUT2D eigenvalue weighted by Crippen LogP contribution is 2.20. The first-order valence-corrected chi connectivity index (χ1v) is 5.35. The van der Waals surface area contributed by atoms with Crippen molar-refractivity contribution in [1.82, 2.24) is 4.90 Å². The molecule has 0 radical (unpaired) electrons. The molecule has 0 atom stereocenters. The van der Waals surface area contributed by atoms with Crippen LogP contribution in [0.5, 0.6) is 0 Å². The molecule has 1 fully saturated rings. The molecule has 0 unspecified atom stereocenters. The molecule has 3 heteroatoms. The summed E-state index contributed by atoms with van der Waals surface area (Å²) in [5.74, 6) is 0. The van der Waals surface area contributed by atoms with Crippen LogP contribution in [-0.2, 0) is 4.74 Å². The Bertz CT molecular complexity index is 131. The Morgan fingerprint density at radius 2 is 1.92 bits per heavy atom. The molecule has 1 saturated carbocycles. The highest BCUT2D eigenvalue weighted by Gasteiger charge is 2.26. The minimum atomic E-state index is 0.401. The summed E-state index contributed by atoms with van der Waals surface area (Å²) in [5.41, 5.74) is 5.66. The molecule has 1 rings (SSSR count). The van der Waals surface area contributed by atoms with Gasteiger partial charge in [0, 0.05) is 12.6 Å². The van der Waals surface area contributed by atoms with Gasteiger partial charge in [-0.05, 0) is 25.9 Å². The van der Waals surface area contributed by atoms with Crippen molar-refractivity contribution >= 4 is 0 Å². The third-order valence-corrected chi connectivity index (χ3v) is 2.79. The van der Waals surface area contributed by atoms with E-state index in [-0.39, 0.29) is 0 Å². The van der Waals surface area contributed by atoms with Gasteiger partial charge in [-0.15, -0.1) is 0 Å². The van der Waals surface area contributed by atoms with Crippen LogP contribution in [0.25, 0.3) is 0 Å². The standard InChI is InChI=1S/C10H22N2O/c1-3-12(4-2)5-6-13-10-7-9(11)8-10/h9-10H,3-8,11H2,1-2H3. The van der Waals surface area contributed by atoms with E-state index >= 15 is 0 Å². The molecule has 0 saturated heterocycles. The van der Waals surface area contributed by atoms with Gasteiger partial charge in [-0.3, -0.25) is 0 Å². The topological polar surface area (TPSA) is 38.5 Å². The van der Waals surface area contributed by atoms with E-state index in [1.54, 1.807) is 0 Å². The number of rotatable bonds is 6. The molecule has 0 aromatic heterocycles. The van der Waals surface area contributed by atoms with E-state index in [0.29, 0.717) is 12.1 Å². The van der Waals surface area contributed by atoms with Crippen molar-refractivity contribution in [3.8, 4) is 0 Å². The van der Waals surface area contributed by atoms with E-state index in [0.717, 1.165) is 39.1 Å². The lowest BCUT2D eigenvalue weighted by Crippen LogP contribution is -2.42. The van der Waals surface area contributed by atoms with E-state index in [1.165, 1.54) is 0 Å². The molecule has 0 amide bonds. The van der Waals surface area contributed by atoms with Gasteiger partial charge in [0.15, 0.2) is 0 Å². The summed E-state index contributed by atoms with van der Waals surface area (Å²) in [6.45, 7) is 8.51. The van der Waals surface area contributed by atoms with Gasteiger partial charge in [-0.25, -0.2) is 0 Å². The summed E-state index contributed by atoms with van der Waals surface area (Å²) >= 11 is 0. The maximum atomic E-state index is 5.66. The number of hydrogen-bond donors (Lipinski definition) is 1. The van der Waals surface area contributed by atoms with E-state index in [1.807, 2.05) is 0 Å². The lowest BCUT2D eigenvalue weighted by Gasteiger charge is -2.32. The molecule has 13 heavy (non-hydrogen) atoms.